The average Bonchev–Trinajstić information content (AvgIpc) is 2.65. The minimum absolute atomic E-state index is 0.239. The maximum Gasteiger partial charge on any atom is 0.407 e. The summed E-state index contributed by atoms with van der Waals surface area (Å²) in [6.45, 7) is 5.25. The van der Waals surface area contributed by atoms with Gasteiger partial charge in [0, 0.05) is 29.7 Å². The highest BCUT2D eigenvalue weighted by atomic mass is 32.1. The second-order valence-electron chi connectivity index (χ2n) is 5.20. The zero-order valence-corrected chi connectivity index (χ0v) is 12.1. The predicted molar refractivity (Wildman–Crippen MR) is 70.8 cm³/mol. The van der Waals surface area contributed by atoms with Gasteiger partial charge in [-0.15, -0.1) is 11.3 Å². The van der Waals surface area contributed by atoms with Crippen molar-refractivity contribution in [3.8, 4) is 0 Å². The summed E-state index contributed by atoms with van der Waals surface area (Å²) in [6.07, 6.45) is -0.405. The lowest BCUT2D eigenvalue weighted by molar-refractivity contribution is -0.306. The van der Waals surface area contributed by atoms with Crippen LogP contribution in [-0.4, -0.2) is 23.7 Å². The van der Waals surface area contributed by atoms with Crippen molar-refractivity contribution in [1.29, 1.82) is 0 Å². The summed E-state index contributed by atoms with van der Waals surface area (Å²) in [7, 11) is 0. The third-order valence-electron chi connectivity index (χ3n) is 2.16. The topological polar surface area (TPSA) is 78.5 Å². The molecule has 0 saturated heterocycles. The van der Waals surface area contributed by atoms with Gasteiger partial charge in [-0.25, -0.2) is 4.79 Å². The molecule has 0 aliphatic rings. The molecule has 0 saturated carbocycles. The quantitative estimate of drug-likeness (QED) is 0.884. The van der Waals surface area contributed by atoms with Gasteiger partial charge in [-0.3, -0.25) is 0 Å². The van der Waals surface area contributed by atoms with Gasteiger partial charge in [-0.05, 0) is 32.2 Å². The number of carbonyl (C=O) groups is 2. The van der Waals surface area contributed by atoms with Crippen molar-refractivity contribution in [2.75, 3.05) is 0 Å². The summed E-state index contributed by atoms with van der Waals surface area (Å²) in [4.78, 5) is 23.3. The summed E-state index contributed by atoms with van der Waals surface area (Å²) in [6, 6.07) is 3.24. The van der Waals surface area contributed by atoms with Gasteiger partial charge < -0.3 is 20.0 Å². The number of nitrogens with one attached hydrogen (secondary N) is 1. The van der Waals surface area contributed by atoms with Crippen molar-refractivity contribution in [1.82, 2.24) is 5.32 Å². The summed E-state index contributed by atoms with van der Waals surface area (Å²) in [5.74, 6) is -1.20. The third-order valence-corrected chi connectivity index (χ3v) is 3.06. The Labute approximate surface area is 116 Å². The van der Waals surface area contributed by atoms with E-state index in [1.165, 1.54) is 11.3 Å². The van der Waals surface area contributed by atoms with Gasteiger partial charge in [0.25, 0.3) is 0 Å². The predicted octanol–water partition coefficient (Wildman–Crippen LogP) is 1.32. The van der Waals surface area contributed by atoms with Gasteiger partial charge in [-0.1, -0.05) is 6.07 Å². The number of rotatable bonds is 5. The van der Waals surface area contributed by atoms with Crippen LogP contribution in [0.15, 0.2) is 17.5 Å². The Morgan fingerprint density at radius 3 is 2.63 bits per heavy atom. The van der Waals surface area contributed by atoms with Crippen molar-refractivity contribution in [3.05, 3.63) is 22.4 Å². The number of amides is 1. The molecule has 0 radical (unpaired) electrons. The third kappa shape index (κ3) is 6.81. The van der Waals surface area contributed by atoms with E-state index in [9.17, 15) is 14.7 Å². The second-order valence-corrected chi connectivity index (χ2v) is 6.24. The molecule has 0 unspecified atom stereocenters. The van der Waals surface area contributed by atoms with Crippen LogP contribution in [0.25, 0.3) is 0 Å². The Bertz CT molecular complexity index is 422. The van der Waals surface area contributed by atoms with E-state index in [-0.39, 0.29) is 6.42 Å². The second kappa shape index (κ2) is 6.56. The number of ether oxygens (including phenoxy) is 1. The zero-order chi connectivity index (χ0) is 14.5. The summed E-state index contributed by atoms with van der Waals surface area (Å²) in [5, 5.41) is 15.2. The smallest absolute Gasteiger partial charge is 0.407 e. The van der Waals surface area contributed by atoms with Gasteiger partial charge in [-0.2, -0.15) is 0 Å². The van der Waals surface area contributed by atoms with Crippen LogP contribution in [0.4, 0.5) is 4.79 Å². The molecule has 0 fully saturated rings. The molecule has 1 heterocycles. The first kappa shape index (κ1) is 15.5. The van der Waals surface area contributed by atoms with Gasteiger partial charge in [0.15, 0.2) is 0 Å². The van der Waals surface area contributed by atoms with Crippen LogP contribution >= 0.6 is 11.3 Å². The normalized spacial score (nSPS) is 12.8. The van der Waals surface area contributed by atoms with Crippen molar-refractivity contribution in [2.24, 2.45) is 0 Å². The Morgan fingerprint density at radius 1 is 1.47 bits per heavy atom. The molecule has 0 aliphatic carbocycles. The fourth-order valence-corrected chi connectivity index (χ4v) is 2.31. The van der Waals surface area contributed by atoms with Gasteiger partial charge in [0.1, 0.15) is 5.60 Å². The lowest BCUT2D eigenvalue weighted by atomic mass is 10.1. The molecule has 0 spiro atoms. The lowest BCUT2D eigenvalue weighted by Gasteiger charge is -2.23. The van der Waals surface area contributed by atoms with Crippen LogP contribution < -0.4 is 10.4 Å². The molecule has 6 heteroatoms. The Kier molecular flexibility index (Phi) is 5.35. The van der Waals surface area contributed by atoms with E-state index >= 15 is 0 Å². The maximum absolute atomic E-state index is 11.6. The first-order chi connectivity index (χ1) is 8.76. The number of aliphatic carboxylic acids is 1. The maximum atomic E-state index is 11.6. The highest BCUT2D eigenvalue weighted by molar-refractivity contribution is 7.09. The minimum atomic E-state index is -1.20. The monoisotopic (exact) mass is 284 g/mol. The highest BCUT2D eigenvalue weighted by Crippen LogP contribution is 2.13. The first-order valence-corrected chi connectivity index (χ1v) is 6.86. The molecule has 1 amide bonds. The Balaban J connectivity index is 2.59. The molecule has 1 atom stereocenters. The standard InChI is InChI=1S/C13H19NO4S/c1-13(2,3)18-12(17)14-9(8-11(15)16)7-10-5-4-6-19-10/h4-6,9H,7-8H2,1-3H3,(H,14,17)(H,15,16)/p-1/t9-/m0/s1. The van der Waals surface area contributed by atoms with Gasteiger partial charge in [0.05, 0.1) is 0 Å². The molecule has 0 bridgehead atoms. The van der Waals surface area contributed by atoms with Crippen LogP contribution in [0, 0.1) is 0 Å². The van der Waals surface area contributed by atoms with Crippen LogP contribution in [0.3, 0.4) is 0 Å². The fourth-order valence-electron chi connectivity index (χ4n) is 1.52. The van der Waals surface area contributed by atoms with Crippen LogP contribution in [0.5, 0.6) is 0 Å². The average molecular weight is 284 g/mol. The number of hydrogen-bond donors (Lipinski definition) is 1. The Hall–Kier alpha value is -1.56. The SMILES string of the molecule is CC(C)(C)OC(=O)N[C@H](CC(=O)[O-])Cc1cccs1. The molecular formula is C13H18NO4S-. The van der Waals surface area contributed by atoms with Crippen LogP contribution in [0.2, 0.25) is 0 Å². The number of carbonyl (C=O) groups excluding carboxylic acids is 2. The fraction of sp³-hybridized carbons (Fsp3) is 0.538. The van der Waals surface area contributed by atoms with E-state index in [4.69, 9.17) is 4.74 Å². The van der Waals surface area contributed by atoms with Crippen molar-refractivity contribution < 1.29 is 19.4 Å². The minimum Gasteiger partial charge on any atom is -0.550 e. The number of carboxylic acids is 1. The van der Waals surface area contributed by atoms with E-state index in [0.717, 1.165) is 4.88 Å². The molecule has 5 nitrogen and oxygen atoms in total. The Morgan fingerprint density at radius 2 is 2.16 bits per heavy atom. The summed E-state index contributed by atoms with van der Waals surface area (Å²) >= 11 is 1.51. The van der Waals surface area contributed by atoms with Crippen molar-refractivity contribution in [3.63, 3.8) is 0 Å². The number of thiophene rings is 1. The number of hydrogen-bond acceptors (Lipinski definition) is 5. The van der Waals surface area contributed by atoms with E-state index in [1.807, 2.05) is 17.5 Å². The van der Waals surface area contributed by atoms with Crippen LogP contribution in [0.1, 0.15) is 32.1 Å². The van der Waals surface area contributed by atoms with Gasteiger partial charge in [0.2, 0.25) is 0 Å². The van der Waals surface area contributed by atoms with Gasteiger partial charge >= 0.3 is 6.09 Å². The molecule has 1 aromatic heterocycles. The van der Waals surface area contributed by atoms with E-state index in [0.29, 0.717) is 6.42 Å². The van der Waals surface area contributed by atoms with E-state index in [2.05, 4.69) is 5.32 Å². The molecular weight excluding hydrogens is 266 g/mol. The largest absolute Gasteiger partial charge is 0.550 e. The van der Waals surface area contributed by atoms with Crippen molar-refractivity contribution >= 4 is 23.4 Å². The summed E-state index contributed by atoms with van der Waals surface area (Å²) < 4.78 is 5.11. The summed E-state index contributed by atoms with van der Waals surface area (Å²) in [5.41, 5.74) is -0.612. The van der Waals surface area contributed by atoms with E-state index in [1.54, 1.807) is 20.8 Å². The number of carboxylic acid groups (broad SMARTS) is 1. The highest BCUT2D eigenvalue weighted by Gasteiger charge is 2.20. The molecule has 0 aliphatic heterocycles. The van der Waals surface area contributed by atoms with E-state index < -0.39 is 23.7 Å². The zero-order valence-electron chi connectivity index (χ0n) is 11.3. The lowest BCUT2D eigenvalue weighted by Crippen LogP contribution is -2.43. The molecule has 0 aromatic carbocycles. The molecule has 1 aromatic rings. The first-order valence-electron chi connectivity index (χ1n) is 5.98. The number of alkyl carbamates (subject to hydrolysis) is 1. The molecule has 1 rings (SSSR count). The van der Waals surface area contributed by atoms with Crippen LogP contribution in [-0.2, 0) is 16.0 Å². The molecule has 19 heavy (non-hydrogen) atoms. The molecule has 106 valence electrons. The molecule has 1 N–H and O–H groups in total. The van der Waals surface area contributed by atoms with Crippen molar-refractivity contribution in [2.45, 2.75) is 45.3 Å².